The number of esters is 1. The SMILES string of the molecule is CCN(CC)S(=O)(=O)c1ccc(C=CC(=O)OCC(=O)Nc2cc(C)on2)cc1. The standard InChI is InChI=1S/C19H23N3O6S/c1-4-22(5-2)29(25,26)16-9-6-15(7-10-16)8-11-19(24)27-13-18(23)20-17-12-14(3)28-21-17/h6-12H,4-5,13H2,1-3H3,(H,20,21,23). The lowest BCUT2D eigenvalue weighted by atomic mass is 10.2. The summed E-state index contributed by atoms with van der Waals surface area (Å²) < 4.78 is 35.9. The number of ether oxygens (including phenoxy) is 1. The van der Waals surface area contributed by atoms with Gasteiger partial charge in [0.05, 0.1) is 4.90 Å². The lowest BCUT2D eigenvalue weighted by molar-refractivity contribution is -0.142. The lowest BCUT2D eigenvalue weighted by Crippen LogP contribution is -2.30. The molecule has 0 atom stereocenters. The first-order valence-corrected chi connectivity index (χ1v) is 10.4. The van der Waals surface area contributed by atoms with Gasteiger partial charge in [-0.1, -0.05) is 31.1 Å². The van der Waals surface area contributed by atoms with Gasteiger partial charge in [0, 0.05) is 25.2 Å². The van der Waals surface area contributed by atoms with E-state index < -0.39 is 28.5 Å². The van der Waals surface area contributed by atoms with Crippen LogP contribution in [0.15, 0.2) is 45.8 Å². The Kier molecular flexibility index (Phi) is 7.68. The molecule has 2 aromatic rings. The van der Waals surface area contributed by atoms with Gasteiger partial charge < -0.3 is 14.6 Å². The number of rotatable bonds is 9. The molecule has 29 heavy (non-hydrogen) atoms. The monoisotopic (exact) mass is 421 g/mol. The molecule has 10 heteroatoms. The maximum Gasteiger partial charge on any atom is 0.331 e. The summed E-state index contributed by atoms with van der Waals surface area (Å²) in [6.45, 7) is 5.52. The van der Waals surface area contributed by atoms with Gasteiger partial charge in [0.15, 0.2) is 12.4 Å². The molecule has 0 bridgehead atoms. The lowest BCUT2D eigenvalue weighted by Gasteiger charge is -2.18. The van der Waals surface area contributed by atoms with Crippen LogP contribution in [-0.2, 0) is 24.3 Å². The third kappa shape index (κ3) is 6.26. The Morgan fingerprint density at radius 1 is 1.21 bits per heavy atom. The Balaban J connectivity index is 1.89. The summed E-state index contributed by atoms with van der Waals surface area (Å²) in [6, 6.07) is 7.65. The third-order valence-corrected chi connectivity index (χ3v) is 5.94. The predicted octanol–water partition coefficient (Wildman–Crippen LogP) is 2.21. The van der Waals surface area contributed by atoms with E-state index in [1.165, 1.54) is 28.6 Å². The van der Waals surface area contributed by atoms with Crippen molar-refractivity contribution >= 4 is 33.8 Å². The highest BCUT2D eigenvalue weighted by Crippen LogP contribution is 2.16. The molecule has 1 heterocycles. The van der Waals surface area contributed by atoms with Crippen molar-refractivity contribution in [1.29, 1.82) is 0 Å². The topological polar surface area (TPSA) is 119 Å². The first kappa shape index (κ1) is 22.3. The number of anilines is 1. The van der Waals surface area contributed by atoms with Crippen molar-refractivity contribution in [3.05, 3.63) is 47.7 Å². The molecule has 0 spiro atoms. The number of carbonyl (C=O) groups is 2. The van der Waals surface area contributed by atoms with Gasteiger partial charge in [-0.2, -0.15) is 4.31 Å². The number of sulfonamides is 1. The Morgan fingerprint density at radius 3 is 2.41 bits per heavy atom. The number of carbonyl (C=O) groups excluding carboxylic acids is 2. The van der Waals surface area contributed by atoms with Crippen LogP contribution in [0, 0.1) is 6.92 Å². The van der Waals surface area contributed by atoms with Gasteiger partial charge in [-0.25, -0.2) is 13.2 Å². The van der Waals surface area contributed by atoms with Crippen molar-refractivity contribution in [2.24, 2.45) is 0 Å². The summed E-state index contributed by atoms with van der Waals surface area (Å²) in [6.07, 6.45) is 2.62. The highest BCUT2D eigenvalue weighted by atomic mass is 32.2. The summed E-state index contributed by atoms with van der Waals surface area (Å²) in [7, 11) is -3.53. The van der Waals surface area contributed by atoms with E-state index in [1.807, 2.05) is 0 Å². The third-order valence-electron chi connectivity index (χ3n) is 3.88. The van der Waals surface area contributed by atoms with Gasteiger partial charge in [-0.05, 0) is 30.7 Å². The van der Waals surface area contributed by atoms with E-state index in [-0.39, 0.29) is 10.7 Å². The fourth-order valence-electron chi connectivity index (χ4n) is 2.42. The fraction of sp³-hybridized carbons (Fsp3) is 0.316. The molecular formula is C19H23N3O6S. The quantitative estimate of drug-likeness (QED) is 0.487. The number of benzene rings is 1. The number of aromatic nitrogens is 1. The maximum atomic E-state index is 12.4. The molecule has 0 fully saturated rings. The molecule has 1 amide bonds. The smallest absolute Gasteiger partial charge is 0.331 e. The summed E-state index contributed by atoms with van der Waals surface area (Å²) in [5, 5.41) is 6.02. The van der Waals surface area contributed by atoms with Crippen LogP contribution in [0.4, 0.5) is 5.82 Å². The molecule has 2 rings (SSSR count). The van der Waals surface area contributed by atoms with Gasteiger partial charge in [-0.15, -0.1) is 0 Å². The van der Waals surface area contributed by atoms with Gasteiger partial charge in [-0.3, -0.25) is 4.79 Å². The zero-order valence-corrected chi connectivity index (χ0v) is 17.2. The minimum atomic E-state index is -3.53. The summed E-state index contributed by atoms with van der Waals surface area (Å²) >= 11 is 0. The molecule has 1 N–H and O–H groups in total. The highest BCUT2D eigenvalue weighted by molar-refractivity contribution is 7.89. The van der Waals surface area contributed by atoms with Crippen LogP contribution in [-0.4, -0.2) is 49.5 Å². The predicted molar refractivity (Wildman–Crippen MR) is 106 cm³/mol. The summed E-state index contributed by atoms with van der Waals surface area (Å²) in [5.41, 5.74) is 0.614. The molecule has 1 aromatic heterocycles. The van der Waals surface area contributed by atoms with Crippen LogP contribution in [0.3, 0.4) is 0 Å². The van der Waals surface area contributed by atoms with Gasteiger partial charge >= 0.3 is 5.97 Å². The largest absolute Gasteiger partial charge is 0.452 e. The second-order valence-electron chi connectivity index (χ2n) is 5.97. The molecule has 0 aliphatic rings. The van der Waals surface area contributed by atoms with Crippen LogP contribution in [0.2, 0.25) is 0 Å². The molecule has 0 aliphatic heterocycles. The van der Waals surface area contributed by atoms with Gasteiger partial charge in [0.25, 0.3) is 5.91 Å². The van der Waals surface area contributed by atoms with E-state index in [2.05, 4.69) is 10.5 Å². The number of hydrogen-bond acceptors (Lipinski definition) is 7. The molecule has 0 unspecified atom stereocenters. The minimum absolute atomic E-state index is 0.181. The van der Waals surface area contributed by atoms with Crippen LogP contribution in [0.5, 0.6) is 0 Å². The van der Waals surface area contributed by atoms with Crippen molar-refractivity contribution in [2.75, 3.05) is 25.0 Å². The maximum absolute atomic E-state index is 12.4. The summed E-state index contributed by atoms with van der Waals surface area (Å²) in [4.78, 5) is 23.6. The molecule has 0 saturated heterocycles. The first-order chi connectivity index (χ1) is 13.8. The van der Waals surface area contributed by atoms with Gasteiger partial charge in [0.1, 0.15) is 5.76 Å². The van der Waals surface area contributed by atoms with E-state index in [0.717, 1.165) is 6.08 Å². The number of amides is 1. The summed E-state index contributed by atoms with van der Waals surface area (Å²) in [5.74, 6) is -0.489. The molecular weight excluding hydrogens is 398 g/mol. The number of aryl methyl sites for hydroxylation is 1. The molecule has 0 aliphatic carbocycles. The second-order valence-corrected chi connectivity index (χ2v) is 7.91. The zero-order valence-electron chi connectivity index (χ0n) is 16.4. The van der Waals surface area contributed by atoms with E-state index in [9.17, 15) is 18.0 Å². The molecule has 9 nitrogen and oxygen atoms in total. The van der Waals surface area contributed by atoms with Crippen LogP contribution < -0.4 is 5.32 Å². The Hall–Kier alpha value is -2.98. The van der Waals surface area contributed by atoms with E-state index >= 15 is 0 Å². The molecule has 0 radical (unpaired) electrons. The average Bonchev–Trinajstić information content (AvgIpc) is 3.10. The zero-order chi connectivity index (χ0) is 21.4. The number of hydrogen-bond donors (Lipinski definition) is 1. The molecule has 156 valence electrons. The van der Waals surface area contributed by atoms with Crippen molar-refractivity contribution in [1.82, 2.24) is 9.46 Å². The Morgan fingerprint density at radius 2 is 1.86 bits per heavy atom. The van der Waals surface area contributed by atoms with E-state index in [0.29, 0.717) is 24.4 Å². The van der Waals surface area contributed by atoms with Crippen molar-refractivity contribution in [2.45, 2.75) is 25.7 Å². The number of nitrogens with one attached hydrogen (secondary N) is 1. The van der Waals surface area contributed by atoms with Crippen molar-refractivity contribution in [3.63, 3.8) is 0 Å². The van der Waals surface area contributed by atoms with Crippen LogP contribution in [0.25, 0.3) is 6.08 Å². The van der Waals surface area contributed by atoms with E-state index in [4.69, 9.17) is 9.26 Å². The fourth-order valence-corrected chi connectivity index (χ4v) is 3.87. The Bertz CT molecular complexity index is 976. The Labute approximate surface area is 169 Å². The molecule has 0 saturated carbocycles. The van der Waals surface area contributed by atoms with Crippen molar-refractivity contribution < 1.29 is 27.3 Å². The minimum Gasteiger partial charge on any atom is -0.452 e. The van der Waals surface area contributed by atoms with Crippen LogP contribution >= 0.6 is 0 Å². The first-order valence-electron chi connectivity index (χ1n) is 8.94. The van der Waals surface area contributed by atoms with Crippen LogP contribution in [0.1, 0.15) is 25.2 Å². The highest BCUT2D eigenvalue weighted by Gasteiger charge is 2.20. The van der Waals surface area contributed by atoms with E-state index in [1.54, 1.807) is 32.9 Å². The molecule has 1 aromatic carbocycles. The second kappa shape index (κ2) is 9.99. The van der Waals surface area contributed by atoms with Crippen molar-refractivity contribution in [3.8, 4) is 0 Å². The van der Waals surface area contributed by atoms with Gasteiger partial charge in [0.2, 0.25) is 10.0 Å². The number of nitrogens with zero attached hydrogens (tertiary/aromatic N) is 2. The average molecular weight is 421 g/mol. The normalized spacial score (nSPS) is 11.7.